The number of hydrogen-bond acceptors (Lipinski definition) is 3. The second kappa shape index (κ2) is 3.47. The van der Waals surface area contributed by atoms with Gasteiger partial charge in [0, 0.05) is 12.4 Å². The SMILES string of the molecule is CC(N)C(=O)c1c2ccccc2nn1C. The molecule has 0 bridgehead atoms. The van der Waals surface area contributed by atoms with Crippen molar-refractivity contribution >= 4 is 16.7 Å². The van der Waals surface area contributed by atoms with Gasteiger partial charge in [-0.15, -0.1) is 0 Å². The van der Waals surface area contributed by atoms with Gasteiger partial charge in [0.05, 0.1) is 11.6 Å². The summed E-state index contributed by atoms with van der Waals surface area (Å²) in [7, 11) is 1.76. The van der Waals surface area contributed by atoms with Crippen LogP contribution in [0.4, 0.5) is 0 Å². The van der Waals surface area contributed by atoms with Crippen LogP contribution in [0.5, 0.6) is 0 Å². The molecule has 2 N–H and O–H groups in total. The van der Waals surface area contributed by atoms with E-state index >= 15 is 0 Å². The molecular formula is C11H13N3O. The minimum Gasteiger partial charge on any atom is -0.321 e. The van der Waals surface area contributed by atoms with E-state index < -0.39 is 6.04 Å². The quantitative estimate of drug-likeness (QED) is 0.743. The molecule has 0 aliphatic rings. The van der Waals surface area contributed by atoms with Crippen LogP contribution in [-0.4, -0.2) is 21.6 Å². The fraction of sp³-hybridized carbons (Fsp3) is 0.273. The number of hydrogen-bond donors (Lipinski definition) is 1. The minimum atomic E-state index is -0.496. The van der Waals surface area contributed by atoms with E-state index in [1.165, 1.54) is 0 Å². The number of aromatic nitrogens is 2. The van der Waals surface area contributed by atoms with Gasteiger partial charge in [-0.2, -0.15) is 5.10 Å². The molecule has 0 saturated carbocycles. The van der Waals surface area contributed by atoms with E-state index in [2.05, 4.69) is 5.10 Å². The highest BCUT2D eigenvalue weighted by Crippen LogP contribution is 2.18. The lowest BCUT2D eigenvalue weighted by molar-refractivity contribution is 0.0960. The summed E-state index contributed by atoms with van der Waals surface area (Å²) in [5, 5.41) is 5.12. The highest BCUT2D eigenvalue weighted by atomic mass is 16.1. The molecule has 2 rings (SSSR count). The lowest BCUT2D eigenvalue weighted by atomic mass is 10.1. The number of benzene rings is 1. The Morgan fingerprint density at radius 3 is 2.80 bits per heavy atom. The van der Waals surface area contributed by atoms with Crippen LogP contribution in [0, 0.1) is 0 Å². The molecule has 1 unspecified atom stereocenters. The van der Waals surface area contributed by atoms with Crippen LogP contribution in [0.15, 0.2) is 24.3 Å². The van der Waals surface area contributed by atoms with Gasteiger partial charge in [-0.25, -0.2) is 0 Å². The third-order valence-electron chi connectivity index (χ3n) is 2.39. The monoisotopic (exact) mass is 203 g/mol. The maximum Gasteiger partial charge on any atom is 0.197 e. The summed E-state index contributed by atoms with van der Waals surface area (Å²) in [5.74, 6) is -0.0776. The van der Waals surface area contributed by atoms with Crippen molar-refractivity contribution in [2.75, 3.05) is 0 Å². The second-order valence-electron chi connectivity index (χ2n) is 3.64. The molecule has 0 spiro atoms. The van der Waals surface area contributed by atoms with Gasteiger partial charge in [0.15, 0.2) is 5.78 Å². The molecule has 0 fully saturated rings. The number of aryl methyl sites for hydroxylation is 1. The van der Waals surface area contributed by atoms with Crippen molar-refractivity contribution in [2.45, 2.75) is 13.0 Å². The highest BCUT2D eigenvalue weighted by Gasteiger charge is 2.18. The zero-order valence-electron chi connectivity index (χ0n) is 8.77. The van der Waals surface area contributed by atoms with Crippen LogP contribution in [0.1, 0.15) is 17.4 Å². The topological polar surface area (TPSA) is 60.9 Å². The van der Waals surface area contributed by atoms with E-state index in [1.807, 2.05) is 24.3 Å². The Hall–Kier alpha value is -1.68. The first-order valence-corrected chi connectivity index (χ1v) is 4.83. The molecule has 0 amide bonds. The van der Waals surface area contributed by atoms with Crippen molar-refractivity contribution in [3.05, 3.63) is 30.0 Å². The molecule has 0 aliphatic carbocycles. The Balaban J connectivity index is 2.69. The van der Waals surface area contributed by atoms with E-state index in [0.717, 1.165) is 10.9 Å². The van der Waals surface area contributed by atoms with Crippen molar-refractivity contribution < 1.29 is 4.79 Å². The van der Waals surface area contributed by atoms with Crippen LogP contribution >= 0.6 is 0 Å². The molecule has 1 atom stereocenters. The van der Waals surface area contributed by atoms with Crippen molar-refractivity contribution in [2.24, 2.45) is 12.8 Å². The van der Waals surface area contributed by atoms with Gasteiger partial charge in [0.2, 0.25) is 0 Å². The highest BCUT2D eigenvalue weighted by molar-refractivity contribution is 6.08. The molecule has 78 valence electrons. The normalized spacial score (nSPS) is 13.0. The summed E-state index contributed by atoms with van der Waals surface area (Å²) in [6, 6.07) is 7.06. The average Bonchev–Trinajstić information content (AvgIpc) is 2.52. The van der Waals surface area contributed by atoms with E-state index in [-0.39, 0.29) is 5.78 Å². The number of fused-ring (bicyclic) bond motifs is 1. The summed E-state index contributed by atoms with van der Waals surface area (Å²) < 4.78 is 1.59. The molecule has 15 heavy (non-hydrogen) atoms. The molecule has 2 aromatic rings. The average molecular weight is 203 g/mol. The molecular weight excluding hydrogens is 190 g/mol. The van der Waals surface area contributed by atoms with Gasteiger partial charge in [-0.3, -0.25) is 9.48 Å². The zero-order valence-corrected chi connectivity index (χ0v) is 8.77. The summed E-state index contributed by atoms with van der Waals surface area (Å²) in [5.41, 5.74) is 7.00. The van der Waals surface area contributed by atoms with Crippen molar-refractivity contribution in [3.8, 4) is 0 Å². The maximum atomic E-state index is 11.9. The number of carbonyl (C=O) groups is 1. The summed E-state index contributed by atoms with van der Waals surface area (Å²) in [6.45, 7) is 1.68. The number of carbonyl (C=O) groups excluding carboxylic acids is 1. The van der Waals surface area contributed by atoms with Crippen LogP contribution < -0.4 is 5.73 Å². The molecule has 0 radical (unpaired) electrons. The van der Waals surface area contributed by atoms with Gasteiger partial charge < -0.3 is 5.73 Å². The number of rotatable bonds is 2. The van der Waals surface area contributed by atoms with Crippen molar-refractivity contribution in [1.29, 1.82) is 0 Å². The van der Waals surface area contributed by atoms with Gasteiger partial charge in [-0.05, 0) is 13.0 Å². The smallest absolute Gasteiger partial charge is 0.197 e. The Bertz CT molecular complexity index is 514. The summed E-state index contributed by atoms with van der Waals surface area (Å²) in [4.78, 5) is 11.9. The number of nitrogens with zero attached hydrogens (tertiary/aromatic N) is 2. The van der Waals surface area contributed by atoms with E-state index in [0.29, 0.717) is 5.69 Å². The first-order valence-electron chi connectivity index (χ1n) is 4.83. The Labute approximate surface area is 87.7 Å². The first-order chi connectivity index (χ1) is 7.11. The maximum absolute atomic E-state index is 11.9. The first kappa shape index (κ1) is 9.86. The van der Waals surface area contributed by atoms with Crippen LogP contribution in [0.25, 0.3) is 10.9 Å². The standard InChI is InChI=1S/C11H13N3O/c1-7(12)11(15)10-8-5-3-4-6-9(8)13-14(10)2/h3-7H,12H2,1-2H3. The van der Waals surface area contributed by atoms with Gasteiger partial charge in [-0.1, -0.05) is 18.2 Å². The van der Waals surface area contributed by atoms with E-state index in [9.17, 15) is 4.79 Å². The minimum absolute atomic E-state index is 0.0776. The van der Waals surface area contributed by atoms with Crippen molar-refractivity contribution in [3.63, 3.8) is 0 Å². The Morgan fingerprint density at radius 1 is 1.47 bits per heavy atom. The fourth-order valence-electron chi connectivity index (χ4n) is 1.65. The predicted molar refractivity (Wildman–Crippen MR) is 58.7 cm³/mol. The molecule has 1 heterocycles. The molecule has 4 heteroatoms. The summed E-state index contributed by atoms with van der Waals surface area (Å²) in [6.07, 6.45) is 0. The van der Waals surface area contributed by atoms with Crippen LogP contribution in [0.3, 0.4) is 0 Å². The largest absolute Gasteiger partial charge is 0.321 e. The van der Waals surface area contributed by atoms with E-state index in [1.54, 1.807) is 18.7 Å². The Morgan fingerprint density at radius 2 is 2.13 bits per heavy atom. The second-order valence-corrected chi connectivity index (χ2v) is 3.64. The van der Waals surface area contributed by atoms with Gasteiger partial charge in [0.25, 0.3) is 0 Å². The lowest BCUT2D eigenvalue weighted by Gasteiger charge is -2.04. The number of Topliss-reactive ketones (excluding diaryl/α,β-unsaturated/α-hetero) is 1. The van der Waals surface area contributed by atoms with E-state index in [4.69, 9.17) is 5.73 Å². The van der Waals surface area contributed by atoms with Crippen LogP contribution in [-0.2, 0) is 7.05 Å². The lowest BCUT2D eigenvalue weighted by Crippen LogP contribution is -2.28. The fourth-order valence-corrected chi connectivity index (χ4v) is 1.65. The number of nitrogens with two attached hydrogens (primary N) is 1. The molecule has 0 aliphatic heterocycles. The van der Waals surface area contributed by atoms with Gasteiger partial charge in [0.1, 0.15) is 5.69 Å². The van der Waals surface area contributed by atoms with Gasteiger partial charge >= 0.3 is 0 Å². The molecule has 1 aromatic carbocycles. The summed E-state index contributed by atoms with van der Waals surface area (Å²) >= 11 is 0. The predicted octanol–water partition coefficient (Wildman–Crippen LogP) is 1.10. The molecule has 4 nitrogen and oxygen atoms in total. The van der Waals surface area contributed by atoms with Crippen LogP contribution in [0.2, 0.25) is 0 Å². The molecule has 0 saturated heterocycles. The third kappa shape index (κ3) is 1.53. The Kier molecular flexibility index (Phi) is 2.28. The third-order valence-corrected chi connectivity index (χ3v) is 2.39. The molecule has 1 aromatic heterocycles. The number of ketones is 1. The zero-order chi connectivity index (χ0) is 11.0. The van der Waals surface area contributed by atoms with Crippen molar-refractivity contribution in [1.82, 2.24) is 9.78 Å².